The highest BCUT2D eigenvalue weighted by Gasteiger charge is 2.07. The van der Waals surface area contributed by atoms with Crippen LogP contribution < -0.4 is 4.40 Å². The van der Waals surface area contributed by atoms with E-state index in [-0.39, 0.29) is 0 Å². The number of fused-ring (bicyclic) bond motifs is 2. The van der Waals surface area contributed by atoms with Crippen molar-refractivity contribution in [3.8, 4) is 6.07 Å². The standard InChI is InChI=1S/C14H9N2/c15-9-12-5-3-4-11-8-13-6-1-2-7-16(13)10-14(11)12/h1-8,10H/q+1. The number of hydrogen-bond acceptors (Lipinski definition) is 1. The molecule has 0 spiro atoms. The second-order valence-corrected chi connectivity index (χ2v) is 3.73. The molecule has 0 bridgehead atoms. The van der Waals surface area contributed by atoms with Crippen LogP contribution in [-0.2, 0) is 0 Å². The molecule has 0 unspecified atom stereocenters. The van der Waals surface area contributed by atoms with Gasteiger partial charge in [0, 0.05) is 18.2 Å². The summed E-state index contributed by atoms with van der Waals surface area (Å²) in [6.45, 7) is 0. The number of pyridine rings is 2. The Morgan fingerprint density at radius 1 is 1.06 bits per heavy atom. The average molecular weight is 205 g/mol. The molecule has 0 saturated carbocycles. The van der Waals surface area contributed by atoms with E-state index in [0.717, 1.165) is 21.9 Å². The summed E-state index contributed by atoms with van der Waals surface area (Å²) in [6.07, 6.45) is 3.99. The molecule has 16 heavy (non-hydrogen) atoms. The summed E-state index contributed by atoms with van der Waals surface area (Å²) in [5, 5.41) is 11.1. The Hall–Kier alpha value is -2.40. The van der Waals surface area contributed by atoms with Crippen molar-refractivity contribution in [3.05, 3.63) is 60.4 Å². The van der Waals surface area contributed by atoms with Gasteiger partial charge in [-0.25, -0.2) is 0 Å². The van der Waals surface area contributed by atoms with Crippen molar-refractivity contribution < 1.29 is 4.40 Å². The summed E-state index contributed by atoms with van der Waals surface area (Å²) in [6, 6.07) is 16.2. The van der Waals surface area contributed by atoms with Gasteiger partial charge in [0.05, 0.1) is 10.9 Å². The molecular formula is C14H9N2+. The predicted octanol–water partition coefficient (Wildman–Crippen LogP) is 2.45. The second-order valence-electron chi connectivity index (χ2n) is 3.73. The van der Waals surface area contributed by atoms with Gasteiger partial charge in [-0.3, -0.25) is 0 Å². The summed E-state index contributed by atoms with van der Waals surface area (Å²) >= 11 is 0. The summed E-state index contributed by atoms with van der Waals surface area (Å²) in [7, 11) is 0. The largest absolute Gasteiger partial charge is 0.211 e. The first-order chi connectivity index (χ1) is 7.88. The van der Waals surface area contributed by atoms with Crippen LogP contribution in [-0.4, -0.2) is 0 Å². The number of aromatic nitrogens is 1. The van der Waals surface area contributed by atoms with E-state index < -0.39 is 0 Å². The van der Waals surface area contributed by atoms with E-state index in [0.29, 0.717) is 0 Å². The molecule has 3 rings (SSSR count). The molecule has 0 amide bonds. The predicted molar refractivity (Wildman–Crippen MR) is 61.8 cm³/mol. The summed E-state index contributed by atoms with van der Waals surface area (Å²) in [5.41, 5.74) is 1.85. The molecule has 74 valence electrons. The Labute approximate surface area is 93.0 Å². The van der Waals surface area contributed by atoms with Gasteiger partial charge in [-0.15, -0.1) is 0 Å². The molecule has 0 aliphatic heterocycles. The lowest BCUT2D eigenvalue weighted by Crippen LogP contribution is -2.19. The fraction of sp³-hybridized carbons (Fsp3) is 0. The molecule has 0 atom stereocenters. The van der Waals surface area contributed by atoms with Gasteiger partial charge in [-0.05, 0) is 17.5 Å². The maximum atomic E-state index is 9.05. The maximum Gasteiger partial charge on any atom is 0.211 e. The van der Waals surface area contributed by atoms with Gasteiger partial charge in [0.15, 0.2) is 12.4 Å². The van der Waals surface area contributed by atoms with E-state index in [2.05, 4.69) is 18.2 Å². The van der Waals surface area contributed by atoms with Crippen LogP contribution in [0.3, 0.4) is 0 Å². The van der Waals surface area contributed by atoms with E-state index in [9.17, 15) is 0 Å². The van der Waals surface area contributed by atoms with Crippen LogP contribution in [0.2, 0.25) is 0 Å². The minimum absolute atomic E-state index is 0.718. The lowest BCUT2D eigenvalue weighted by molar-refractivity contribution is -0.510. The topological polar surface area (TPSA) is 27.9 Å². The Morgan fingerprint density at radius 3 is 2.88 bits per heavy atom. The molecule has 3 aromatic rings. The quantitative estimate of drug-likeness (QED) is 0.409. The smallest absolute Gasteiger partial charge is 0.192 e. The fourth-order valence-corrected chi connectivity index (χ4v) is 1.96. The third-order valence-corrected chi connectivity index (χ3v) is 2.75. The van der Waals surface area contributed by atoms with Gasteiger partial charge < -0.3 is 0 Å². The highest BCUT2D eigenvalue weighted by atomic mass is 14.8. The first kappa shape index (κ1) is 8.87. The van der Waals surface area contributed by atoms with Crippen molar-refractivity contribution >= 4 is 16.3 Å². The second kappa shape index (κ2) is 3.32. The lowest BCUT2D eigenvalue weighted by Gasteiger charge is -1.98. The molecular weight excluding hydrogens is 196 g/mol. The number of nitriles is 1. The van der Waals surface area contributed by atoms with Crippen molar-refractivity contribution in [2.24, 2.45) is 0 Å². The lowest BCUT2D eigenvalue weighted by atomic mass is 10.1. The number of nitrogens with zero attached hydrogens (tertiary/aromatic N) is 2. The first-order valence-corrected chi connectivity index (χ1v) is 5.11. The van der Waals surface area contributed by atoms with E-state index >= 15 is 0 Å². The first-order valence-electron chi connectivity index (χ1n) is 5.11. The molecule has 0 aliphatic rings. The van der Waals surface area contributed by atoms with Gasteiger partial charge in [-0.2, -0.15) is 9.66 Å². The van der Waals surface area contributed by atoms with Crippen molar-refractivity contribution in [1.82, 2.24) is 0 Å². The Bertz CT molecular complexity index is 723. The Kier molecular flexibility index (Phi) is 1.84. The van der Waals surface area contributed by atoms with Gasteiger partial charge in [0.2, 0.25) is 5.52 Å². The average Bonchev–Trinajstić information content (AvgIpc) is 2.35. The molecule has 0 N–H and O–H groups in total. The van der Waals surface area contributed by atoms with Crippen molar-refractivity contribution in [2.45, 2.75) is 0 Å². The minimum atomic E-state index is 0.718. The molecule has 2 aromatic heterocycles. The number of benzene rings is 1. The van der Waals surface area contributed by atoms with Crippen LogP contribution in [0.25, 0.3) is 16.3 Å². The SMILES string of the molecule is N#Cc1cccc2cc3cccc[n+]3cc12. The molecule has 2 nitrogen and oxygen atoms in total. The van der Waals surface area contributed by atoms with E-state index in [4.69, 9.17) is 5.26 Å². The highest BCUT2D eigenvalue weighted by molar-refractivity contribution is 5.88. The fourth-order valence-electron chi connectivity index (χ4n) is 1.96. The van der Waals surface area contributed by atoms with Crippen LogP contribution >= 0.6 is 0 Å². The van der Waals surface area contributed by atoms with Gasteiger partial charge >= 0.3 is 0 Å². The molecule has 2 heterocycles. The summed E-state index contributed by atoms with van der Waals surface area (Å²) in [4.78, 5) is 0. The zero-order valence-corrected chi connectivity index (χ0v) is 8.59. The normalized spacial score (nSPS) is 10.4. The Morgan fingerprint density at radius 2 is 2.00 bits per heavy atom. The third kappa shape index (κ3) is 1.23. The molecule has 1 aromatic carbocycles. The molecule has 0 aliphatic carbocycles. The van der Waals surface area contributed by atoms with E-state index in [1.807, 2.05) is 47.1 Å². The van der Waals surface area contributed by atoms with E-state index in [1.54, 1.807) is 0 Å². The van der Waals surface area contributed by atoms with Gasteiger partial charge in [-0.1, -0.05) is 12.1 Å². The summed E-state index contributed by atoms with van der Waals surface area (Å²) < 4.78 is 2.03. The van der Waals surface area contributed by atoms with Crippen LogP contribution in [0.1, 0.15) is 5.56 Å². The number of hydrogen-bond donors (Lipinski definition) is 0. The minimum Gasteiger partial charge on any atom is -0.192 e. The molecule has 0 radical (unpaired) electrons. The zero-order chi connectivity index (χ0) is 11.0. The van der Waals surface area contributed by atoms with Crippen LogP contribution in [0, 0.1) is 11.3 Å². The number of rotatable bonds is 0. The van der Waals surface area contributed by atoms with Crippen molar-refractivity contribution in [3.63, 3.8) is 0 Å². The van der Waals surface area contributed by atoms with Crippen LogP contribution in [0.15, 0.2) is 54.9 Å². The Balaban J connectivity index is 2.52. The summed E-state index contributed by atoms with van der Waals surface area (Å²) in [5.74, 6) is 0. The third-order valence-electron chi connectivity index (χ3n) is 2.75. The molecule has 0 saturated heterocycles. The van der Waals surface area contributed by atoms with E-state index in [1.165, 1.54) is 0 Å². The maximum absolute atomic E-state index is 9.05. The highest BCUT2D eigenvalue weighted by Crippen LogP contribution is 2.17. The van der Waals surface area contributed by atoms with Crippen molar-refractivity contribution in [1.29, 1.82) is 5.26 Å². The van der Waals surface area contributed by atoms with Crippen LogP contribution in [0.5, 0.6) is 0 Å². The monoisotopic (exact) mass is 205 g/mol. The molecule has 2 heteroatoms. The zero-order valence-electron chi connectivity index (χ0n) is 8.59. The van der Waals surface area contributed by atoms with Gasteiger partial charge in [0.1, 0.15) is 6.07 Å². The van der Waals surface area contributed by atoms with Crippen molar-refractivity contribution in [2.75, 3.05) is 0 Å². The molecule has 0 fully saturated rings. The van der Waals surface area contributed by atoms with Crippen LogP contribution in [0.4, 0.5) is 0 Å². The van der Waals surface area contributed by atoms with Gasteiger partial charge in [0.25, 0.3) is 0 Å².